The molecule has 16 heavy (non-hydrogen) atoms. The van der Waals surface area contributed by atoms with Crippen LogP contribution in [0.1, 0.15) is 27.7 Å². The summed E-state index contributed by atoms with van der Waals surface area (Å²) in [7, 11) is 0. The van der Waals surface area contributed by atoms with Gasteiger partial charge in [0, 0.05) is 11.8 Å². The van der Waals surface area contributed by atoms with Gasteiger partial charge in [-0.25, -0.2) is 4.79 Å². The lowest BCUT2D eigenvalue weighted by molar-refractivity contribution is 0.0531. The molecular formula is C10H8N2O2S2. The zero-order valence-corrected chi connectivity index (χ0v) is 10.4. The van der Waals surface area contributed by atoms with Crippen molar-refractivity contribution in [2.45, 2.75) is 18.1 Å². The third-order valence-corrected chi connectivity index (χ3v) is 3.87. The van der Waals surface area contributed by atoms with E-state index >= 15 is 0 Å². The molecule has 0 aliphatic carbocycles. The van der Waals surface area contributed by atoms with Crippen LogP contribution in [0.4, 0.5) is 0 Å². The molecule has 0 saturated carbocycles. The molecule has 82 valence electrons. The molecule has 1 rings (SSSR count). The van der Waals surface area contributed by atoms with Gasteiger partial charge in [0.15, 0.2) is 0 Å². The largest absolute Gasteiger partial charge is 0.462 e. The minimum Gasteiger partial charge on any atom is -0.462 e. The maximum atomic E-state index is 11.5. The van der Waals surface area contributed by atoms with E-state index in [1.54, 1.807) is 13.8 Å². The number of rotatable bonds is 3. The highest BCUT2D eigenvalue weighted by Crippen LogP contribution is 2.35. The van der Waals surface area contributed by atoms with Crippen LogP contribution in [0.2, 0.25) is 0 Å². The minimum atomic E-state index is -0.439. The van der Waals surface area contributed by atoms with Crippen molar-refractivity contribution in [1.29, 1.82) is 10.5 Å². The van der Waals surface area contributed by atoms with Gasteiger partial charge >= 0.3 is 5.97 Å². The average Bonchev–Trinajstić information content (AvgIpc) is 2.56. The number of esters is 1. The average molecular weight is 252 g/mol. The second kappa shape index (κ2) is 5.55. The van der Waals surface area contributed by atoms with Gasteiger partial charge in [0.05, 0.1) is 16.4 Å². The van der Waals surface area contributed by atoms with E-state index in [-0.39, 0.29) is 0 Å². The van der Waals surface area contributed by atoms with Gasteiger partial charge in [0.2, 0.25) is 0 Å². The molecule has 0 atom stereocenters. The summed E-state index contributed by atoms with van der Waals surface area (Å²) in [5, 5.41) is 19.4. The molecule has 0 saturated heterocycles. The lowest BCUT2D eigenvalue weighted by Gasteiger charge is -1.98. The Morgan fingerprint density at radius 3 is 2.75 bits per heavy atom. The van der Waals surface area contributed by atoms with Crippen LogP contribution in [-0.2, 0) is 4.74 Å². The Bertz CT molecular complexity index is 494. The molecule has 1 aromatic rings. The highest BCUT2D eigenvalue weighted by molar-refractivity contribution is 8.05. The lowest BCUT2D eigenvalue weighted by Crippen LogP contribution is -2.03. The monoisotopic (exact) mass is 252 g/mol. The molecule has 6 heteroatoms. The smallest absolute Gasteiger partial charge is 0.348 e. The molecule has 0 aliphatic heterocycles. The zero-order valence-electron chi connectivity index (χ0n) is 8.73. The molecule has 0 aromatic carbocycles. The summed E-state index contributed by atoms with van der Waals surface area (Å²) >= 11 is 2.02. The van der Waals surface area contributed by atoms with Crippen LogP contribution in [0, 0.1) is 28.9 Å². The summed E-state index contributed by atoms with van der Waals surface area (Å²) in [5.74, 6) is -0.439. The predicted octanol–water partition coefficient (Wildman–Crippen LogP) is 2.68. The predicted molar refractivity (Wildman–Crippen MR) is 61.2 cm³/mol. The van der Waals surface area contributed by atoms with Crippen LogP contribution in [0.3, 0.4) is 0 Å². The number of thiophene rings is 1. The summed E-state index contributed by atoms with van der Waals surface area (Å²) in [6, 6.07) is 2.00. The van der Waals surface area contributed by atoms with Gasteiger partial charge in [-0.15, -0.1) is 11.3 Å². The van der Waals surface area contributed by atoms with Gasteiger partial charge in [-0.05, 0) is 19.4 Å². The highest BCUT2D eigenvalue weighted by Gasteiger charge is 2.21. The molecule has 1 aromatic heterocycles. The number of hydrogen-bond donors (Lipinski definition) is 0. The number of hydrogen-bond acceptors (Lipinski definition) is 6. The van der Waals surface area contributed by atoms with Crippen molar-refractivity contribution in [3.05, 3.63) is 16.0 Å². The van der Waals surface area contributed by atoms with E-state index in [2.05, 4.69) is 0 Å². The van der Waals surface area contributed by atoms with E-state index in [1.165, 1.54) is 0 Å². The van der Waals surface area contributed by atoms with Gasteiger partial charge in [-0.2, -0.15) is 10.5 Å². The van der Waals surface area contributed by atoms with E-state index in [0.717, 1.165) is 23.1 Å². The third-order valence-electron chi connectivity index (χ3n) is 1.83. The van der Waals surface area contributed by atoms with Crippen LogP contribution < -0.4 is 0 Å². The second-order valence-electron chi connectivity index (χ2n) is 2.74. The Morgan fingerprint density at radius 1 is 1.56 bits per heavy atom. The lowest BCUT2D eigenvalue weighted by atomic mass is 10.2. The SMILES string of the molecule is CCOC(=O)c1sc(SC#N)c(C#N)c1C. The molecule has 0 spiro atoms. The third kappa shape index (κ3) is 2.35. The second-order valence-corrected chi connectivity index (χ2v) is 4.82. The van der Waals surface area contributed by atoms with Crippen molar-refractivity contribution < 1.29 is 9.53 Å². The van der Waals surface area contributed by atoms with E-state index < -0.39 is 5.97 Å². The first-order valence-electron chi connectivity index (χ1n) is 4.42. The summed E-state index contributed by atoms with van der Waals surface area (Å²) < 4.78 is 5.42. The Morgan fingerprint density at radius 2 is 2.25 bits per heavy atom. The zero-order chi connectivity index (χ0) is 12.1. The first kappa shape index (κ1) is 12.6. The number of carbonyl (C=O) groups excluding carboxylic acids is 1. The number of carbonyl (C=O) groups is 1. The molecular weight excluding hydrogens is 244 g/mol. The Hall–Kier alpha value is -1.50. The fourth-order valence-electron chi connectivity index (χ4n) is 1.12. The fourth-order valence-corrected chi connectivity index (χ4v) is 2.92. The number of nitrogens with zero attached hydrogens (tertiary/aromatic N) is 2. The van der Waals surface area contributed by atoms with Crippen molar-refractivity contribution in [1.82, 2.24) is 0 Å². The van der Waals surface area contributed by atoms with Crippen molar-refractivity contribution in [3.63, 3.8) is 0 Å². The van der Waals surface area contributed by atoms with Gasteiger partial charge < -0.3 is 4.74 Å². The topological polar surface area (TPSA) is 73.9 Å². The molecule has 0 unspecified atom stereocenters. The van der Waals surface area contributed by atoms with Gasteiger partial charge in [0.1, 0.15) is 16.3 Å². The van der Waals surface area contributed by atoms with Crippen LogP contribution in [0.25, 0.3) is 0 Å². The van der Waals surface area contributed by atoms with Crippen molar-refractivity contribution in [2.75, 3.05) is 6.61 Å². The highest BCUT2D eigenvalue weighted by atomic mass is 32.2. The molecule has 4 nitrogen and oxygen atoms in total. The van der Waals surface area contributed by atoms with Crippen molar-refractivity contribution in [2.24, 2.45) is 0 Å². The first-order chi connectivity index (χ1) is 7.65. The number of thiocyanates is 1. The quantitative estimate of drug-likeness (QED) is 0.469. The normalized spacial score (nSPS) is 9.25. The van der Waals surface area contributed by atoms with Crippen LogP contribution in [0.5, 0.6) is 0 Å². The van der Waals surface area contributed by atoms with Gasteiger partial charge in [-0.1, -0.05) is 0 Å². The molecule has 0 bridgehead atoms. The maximum Gasteiger partial charge on any atom is 0.348 e. The van der Waals surface area contributed by atoms with Crippen LogP contribution in [0.15, 0.2) is 4.21 Å². The van der Waals surface area contributed by atoms with E-state index in [1.807, 2.05) is 11.5 Å². The standard InChI is InChI=1S/C10H8N2O2S2/c1-3-14-9(13)8-6(2)7(4-11)10(16-8)15-5-12/h3H2,1-2H3. The van der Waals surface area contributed by atoms with E-state index in [9.17, 15) is 4.79 Å². The Kier molecular flexibility index (Phi) is 4.36. The maximum absolute atomic E-state index is 11.5. The van der Waals surface area contributed by atoms with Crippen LogP contribution in [-0.4, -0.2) is 12.6 Å². The van der Waals surface area contributed by atoms with Gasteiger partial charge in [-0.3, -0.25) is 0 Å². The van der Waals surface area contributed by atoms with E-state index in [0.29, 0.717) is 26.8 Å². The fraction of sp³-hybridized carbons (Fsp3) is 0.300. The molecule has 1 heterocycles. The summed E-state index contributed by atoms with van der Waals surface area (Å²) in [5.41, 5.74) is 0.975. The molecule has 0 N–H and O–H groups in total. The Labute approximate surface area is 101 Å². The van der Waals surface area contributed by atoms with Crippen LogP contribution >= 0.6 is 23.1 Å². The van der Waals surface area contributed by atoms with E-state index in [4.69, 9.17) is 15.3 Å². The summed E-state index contributed by atoms with van der Waals surface area (Å²) in [4.78, 5) is 11.9. The first-order valence-corrected chi connectivity index (χ1v) is 6.05. The van der Waals surface area contributed by atoms with Gasteiger partial charge in [0.25, 0.3) is 0 Å². The molecule has 0 amide bonds. The molecule has 0 aliphatic rings. The summed E-state index contributed by atoms with van der Waals surface area (Å²) in [6.45, 7) is 3.69. The molecule has 0 radical (unpaired) electrons. The summed E-state index contributed by atoms with van der Waals surface area (Å²) in [6.07, 6.45) is 0. The molecule has 0 fully saturated rings. The number of nitriles is 2. The number of ether oxygens (including phenoxy) is 1. The van der Waals surface area contributed by atoms with Crippen molar-refractivity contribution in [3.8, 4) is 11.5 Å². The Balaban J connectivity index is 3.19. The minimum absolute atomic E-state index is 0.290. The number of thioether (sulfide) groups is 1. The van der Waals surface area contributed by atoms with Crippen molar-refractivity contribution >= 4 is 29.1 Å².